The van der Waals surface area contributed by atoms with Crippen LogP contribution in [0.25, 0.3) is 0 Å². The summed E-state index contributed by atoms with van der Waals surface area (Å²) in [7, 11) is 0. The fourth-order valence-electron chi connectivity index (χ4n) is 0.613. The van der Waals surface area contributed by atoms with Gasteiger partial charge in [-0.2, -0.15) is 10.2 Å². The van der Waals surface area contributed by atoms with Gasteiger partial charge in [0.2, 0.25) is 5.89 Å². The van der Waals surface area contributed by atoms with E-state index in [1.165, 1.54) is 0 Å². The molecule has 14 heavy (non-hydrogen) atoms. The van der Waals surface area contributed by atoms with Gasteiger partial charge in [0.1, 0.15) is 0 Å². The van der Waals surface area contributed by atoms with Crippen LogP contribution in [0.15, 0.2) is 4.52 Å². The number of tetrazole rings is 1. The Morgan fingerprint density at radius 1 is 1.14 bits per heavy atom. The van der Waals surface area contributed by atoms with E-state index < -0.39 is 0 Å². The molecule has 0 aliphatic rings. The van der Waals surface area contributed by atoms with Crippen LogP contribution < -0.4 is 0 Å². The molecule has 7 heteroatoms. The van der Waals surface area contributed by atoms with Crippen molar-refractivity contribution in [2.75, 3.05) is 0 Å². The number of nitrogens with zero attached hydrogens (tertiary/aromatic N) is 5. The Morgan fingerprint density at radius 2 is 1.86 bits per heavy atom. The molecule has 0 atom stereocenters. The van der Waals surface area contributed by atoms with Gasteiger partial charge in [-0.05, 0) is 13.8 Å². The zero-order valence-corrected chi connectivity index (χ0v) is 7.64. The Bertz CT molecular complexity index is 324. The number of rotatable bonds is 0. The molecule has 2 heterocycles. The summed E-state index contributed by atoms with van der Waals surface area (Å²) in [4.78, 5) is 3.83. The summed E-state index contributed by atoms with van der Waals surface area (Å²) in [6, 6.07) is 0. The molecule has 0 bridgehead atoms. The minimum absolute atomic E-state index is 0. The number of H-pyrrole nitrogens is 1. The van der Waals surface area contributed by atoms with Crippen LogP contribution in [-0.4, -0.2) is 30.8 Å². The van der Waals surface area contributed by atoms with Crippen LogP contribution in [0.5, 0.6) is 0 Å². The van der Waals surface area contributed by atoms with Crippen molar-refractivity contribution in [2.45, 2.75) is 28.2 Å². The van der Waals surface area contributed by atoms with E-state index in [9.17, 15) is 0 Å². The number of aryl methyl sites for hydroxylation is 3. The Morgan fingerprint density at radius 3 is 2.00 bits per heavy atom. The molecule has 0 aliphatic heterocycles. The lowest BCUT2D eigenvalue weighted by molar-refractivity contribution is 0.389. The fraction of sp³-hybridized carbons (Fsp3) is 0.571. The number of aromatic nitrogens is 6. The second-order valence-electron chi connectivity index (χ2n) is 2.32. The summed E-state index contributed by atoms with van der Waals surface area (Å²) in [5.41, 5.74) is 0. The minimum Gasteiger partial charge on any atom is -0.340 e. The van der Waals surface area contributed by atoms with Crippen LogP contribution in [0.4, 0.5) is 0 Å². The summed E-state index contributed by atoms with van der Waals surface area (Å²) < 4.78 is 4.60. The van der Waals surface area contributed by atoms with Crippen LogP contribution in [0, 0.1) is 20.8 Å². The Kier molecular flexibility index (Phi) is 5.05. The first-order valence-electron chi connectivity index (χ1n) is 3.65. The maximum atomic E-state index is 4.60. The standard InChI is InChI=1S/C4H6N2O.C2H4N4.CH4/c1-3-5-4(2)7-6-3;1-2-3-5-6-4-2;/h1-2H3;1H3,(H,3,4,5,6);1H4. The highest BCUT2D eigenvalue weighted by Crippen LogP contribution is 1.89. The quantitative estimate of drug-likeness (QED) is 0.673. The van der Waals surface area contributed by atoms with Gasteiger partial charge in [-0.25, -0.2) is 0 Å². The predicted octanol–water partition coefficient (Wildman–Crippen LogP) is 0.831. The molecule has 0 fully saturated rings. The van der Waals surface area contributed by atoms with Crippen LogP contribution >= 0.6 is 0 Å². The molecule has 0 aromatic carbocycles. The van der Waals surface area contributed by atoms with Crippen molar-refractivity contribution in [3.05, 3.63) is 17.5 Å². The largest absolute Gasteiger partial charge is 0.340 e. The van der Waals surface area contributed by atoms with Gasteiger partial charge < -0.3 is 4.52 Å². The van der Waals surface area contributed by atoms with Crippen LogP contribution in [0.2, 0.25) is 0 Å². The zero-order valence-electron chi connectivity index (χ0n) is 7.64. The maximum Gasteiger partial charge on any atom is 0.223 e. The fourth-order valence-corrected chi connectivity index (χ4v) is 0.613. The average Bonchev–Trinajstić information content (AvgIpc) is 2.64. The van der Waals surface area contributed by atoms with E-state index in [2.05, 4.69) is 35.3 Å². The summed E-state index contributed by atoms with van der Waals surface area (Å²) in [5, 5.41) is 16.3. The maximum absolute atomic E-state index is 4.60. The molecule has 0 amide bonds. The lowest BCUT2D eigenvalue weighted by atomic mass is 10.7. The topological polar surface area (TPSA) is 93.4 Å². The highest BCUT2D eigenvalue weighted by Gasteiger charge is 1.89. The smallest absolute Gasteiger partial charge is 0.223 e. The van der Waals surface area contributed by atoms with Crippen LogP contribution in [0.3, 0.4) is 0 Å². The SMILES string of the molecule is C.Cc1nn[nH]n1.Cc1noc(C)n1. The first kappa shape index (κ1) is 12.2. The number of aromatic amines is 1. The molecular weight excluding hydrogens is 184 g/mol. The van der Waals surface area contributed by atoms with Gasteiger partial charge in [0, 0.05) is 6.92 Å². The molecule has 0 radical (unpaired) electrons. The molecular formula is C7H14N6O. The van der Waals surface area contributed by atoms with E-state index in [-0.39, 0.29) is 7.43 Å². The average molecular weight is 198 g/mol. The zero-order chi connectivity index (χ0) is 9.68. The highest BCUT2D eigenvalue weighted by atomic mass is 16.5. The van der Waals surface area contributed by atoms with Gasteiger partial charge in [0.25, 0.3) is 0 Å². The van der Waals surface area contributed by atoms with Gasteiger partial charge in [0.05, 0.1) is 0 Å². The Labute approximate surface area is 81.9 Å². The molecule has 1 N–H and O–H groups in total. The van der Waals surface area contributed by atoms with Crippen molar-refractivity contribution in [1.82, 2.24) is 30.8 Å². The van der Waals surface area contributed by atoms with Gasteiger partial charge in [-0.3, -0.25) is 0 Å². The summed E-state index contributed by atoms with van der Waals surface area (Å²) in [6.07, 6.45) is 0. The molecule has 0 aliphatic carbocycles. The van der Waals surface area contributed by atoms with E-state index in [4.69, 9.17) is 0 Å². The van der Waals surface area contributed by atoms with Crippen LogP contribution in [0.1, 0.15) is 25.0 Å². The van der Waals surface area contributed by atoms with E-state index >= 15 is 0 Å². The molecule has 2 aromatic heterocycles. The first-order valence-corrected chi connectivity index (χ1v) is 3.65. The lowest BCUT2D eigenvalue weighted by Gasteiger charge is -1.64. The lowest BCUT2D eigenvalue weighted by Crippen LogP contribution is -1.70. The minimum atomic E-state index is 0. The molecule has 78 valence electrons. The van der Waals surface area contributed by atoms with E-state index in [1.54, 1.807) is 20.8 Å². The van der Waals surface area contributed by atoms with Crippen molar-refractivity contribution >= 4 is 0 Å². The third-order valence-electron chi connectivity index (χ3n) is 1.08. The third-order valence-corrected chi connectivity index (χ3v) is 1.08. The molecule has 7 nitrogen and oxygen atoms in total. The summed E-state index contributed by atoms with van der Waals surface area (Å²) in [5.74, 6) is 1.99. The van der Waals surface area contributed by atoms with E-state index in [0.29, 0.717) is 17.5 Å². The van der Waals surface area contributed by atoms with Gasteiger partial charge in [-0.1, -0.05) is 17.8 Å². The summed E-state index contributed by atoms with van der Waals surface area (Å²) >= 11 is 0. The Hall–Kier alpha value is -1.79. The number of hydrogen-bond donors (Lipinski definition) is 1. The third kappa shape index (κ3) is 4.29. The number of nitrogens with one attached hydrogen (secondary N) is 1. The second-order valence-corrected chi connectivity index (χ2v) is 2.32. The van der Waals surface area contributed by atoms with Crippen molar-refractivity contribution in [1.29, 1.82) is 0 Å². The molecule has 2 rings (SSSR count). The molecule has 0 saturated heterocycles. The molecule has 2 aromatic rings. The van der Waals surface area contributed by atoms with Gasteiger partial charge in [0.15, 0.2) is 11.6 Å². The van der Waals surface area contributed by atoms with Crippen molar-refractivity contribution < 1.29 is 4.52 Å². The van der Waals surface area contributed by atoms with Gasteiger partial charge >= 0.3 is 0 Å². The first-order chi connectivity index (χ1) is 6.18. The monoisotopic (exact) mass is 198 g/mol. The molecule has 0 unspecified atom stereocenters. The van der Waals surface area contributed by atoms with Crippen LogP contribution in [-0.2, 0) is 0 Å². The van der Waals surface area contributed by atoms with Crippen molar-refractivity contribution in [2.24, 2.45) is 0 Å². The second kappa shape index (κ2) is 5.79. The Balaban J connectivity index is 0.000000227. The predicted molar refractivity (Wildman–Crippen MR) is 49.4 cm³/mol. The van der Waals surface area contributed by atoms with Crippen molar-refractivity contribution in [3.63, 3.8) is 0 Å². The van der Waals surface area contributed by atoms with E-state index in [0.717, 1.165) is 0 Å². The van der Waals surface area contributed by atoms with E-state index in [1.807, 2.05) is 0 Å². The molecule has 0 saturated carbocycles. The number of hydrogen-bond acceptors (Lipinski definition) is 6. The molecule has 0 spiro atoms. The highest BCUT2D eigenvalue weighted by molar-refractivity contribution is 4.77. The van der Waals surface area contributed by atoms with Crippen molar-refractivity contribution in [3.8, 4) is 0 Å². The van der Waals surface area contributed by atoms with Gasteiger partial charge in [-0.15, -0.1) is 10.2 Å². The normalized spacial score (nSPS) is 8.50. The summed E-state index contributed by atoms with van der Waals surface area (Å²) in [6.45, 7) is 5.32.